The molecule has 11 nitrogen and oxygen atoms in total. The molecule has 0 spiro atoms. The van der Waals surface area contributed by atoms with Gasteiger partial charge in [-0.1, -0.05) is 27.7 Å². The second-order valence-electron chi connectivity index (χ2n) is 14.3. The van der Waals surface area contributed by atoms with Gasteiger partial charge in [0.05, 0.1) is 30.7 Å². The Kier molecular flexibility index (Phi) is 8.35. The maximum atomic E-state index is 16.0. The third kappa shape index (κ3) is 6.10. The molecule has 2 aliphatic heterocycles. The summed E-state index contributed by atoms with van der Waals surface area (Å²) in [6.45, 7) is 7.53. The number of carbonyl (C=O) groups excluding carboxylic acids is 3. The number of carbonyl (C=O) groups is 3. The summed E-state index contributed by atoms with van der Waals surface area (Å²) < 4.78 is 54.9. The summed E-state index contributed by atoms with van der Waals surface area (Å²) >= 11 is 0. The highest BCUT2D eigenvalue weighted by atomic mass is 19.3. The number of halogens is 2. The lowest BCUT2D eigenvalue weighted by Gasteiger charge is -2.35. The third-order valence-electron chi connectivity index (χ3n) is 10.00. The van der Waals surface area contributed by atoms with Crippen molar-refractivity contribution in [3.8, 4) is 11.6 Å². The molecule has 2 saturated carbocycles. The summed E-state index contributed by atoms with van der Waals surface area (Å²) in [6, 6.07) is 2.77. The van der Waals surface area contributed by atoms with Crippen LogP contribution in [0, 0.1) is 29.1 Å². The SMILES string of the molecule is COc1ccc2nc3c(nc2c1)O[C@H]1CN(C(=O)[C@H](C(C)(C)C)NC(=O)O[C@@H]2CC4CC4[C@H]2CCOCC3(F)F)[C@H](C(C)=O)[C@@H]1C. The lowest BCUT2D eigenvalue weighted by atomic mass is 9.85. The van der Waals surface area contributed by atoms with E-state index in [1.54, 1.807) is 25.1 Å². The molecule has 2 amide bonds. The number of nitrogens with zero attached hydrogens (tertiary/aromatic N) is 3. The summed E-state index contributed by atoms with van der Waals surface area (Å²) in [5.41, 5.74) is -0.937. The summed E-state index contributed by atoms with van der Waals surface area (Å²) in [7, 11) is 1.48. The van der Waals surface area contributed by atoms with E-state index in [2.05, 4.69) is 15.3 Å². The van der Waals surface area contributed by atoms with Gasteiger partial charge in [0.2, 0.25) is 11.8 Å². The molecule has 4 aliphatic rings. The van der Waals surface area contributed by atoms with Gasteiger partial charge in [-0.2, -0.15) is 8.78 Å². The van der Waals surface area contributed by atoms with Gasteiger partial charge >= 0.3 is 12.0 Å². The second kappa shape index (κ2) is 11.9. The first-order valence-corrected chi connectivity index (χ1v) is 15.9. The Balaban J connectivity index is 1.41. The smallest absolute Gasteiger partial charge is 0.408 e. The van der Waals surface area contributed by atoms with Crippen LogP contribution in [-0.2, 0) is 25.0 Å². The van der Waals surface area contributed by atoms with Crippen LogP contribution in [0.2, 0.25) is 0 Å². The van der Waals surface area contributed by atoms with Gasteiger partial charge in [0.25, 0.3) is 0 Å². The van der Waals surface area contributed by atoms with E-state index in [0.717, 1.165) is 6.42 Å². The topological polar surface area (TPSA) is 129 Å². The van der Waals surface area contributed by atoms with Crippen molar-refractivity contribution in [2.75, 3.05) is 26.9 Å². The molecule has 2 unspecified atom stereocenters. The van der Waals surface area contributed by atoms with E-state index in [1.807, 2.05) is 20.8 Å². The van der Waals surface area contributed by atoms with Crippen LogP contribution in [-0.4, -0.2) is 83.8 Å². The van der Waals surface area contributed by atoms with Crippen molar-refractivity contribution in [3.05, 3.63) is 23.9 Å². The third-order valence-corrected chi connectivity index (χ3v) is 10.00. The number of rotatable bonds is 2. The number of alkyl carbamates (subject to hydrolysis) is 1. The molecule has 3 heterocycles. The highest BCUT2D eigenvalue weighted by Crippen LogP contribution is 2.57. The Hall–Kier alpha value is -3.61. The molecule has 2 bridgehead atoms. The zero-order valence-electron chi connectivity index (χ0n) is 27.0. The maximum Gasteiger partial charge on any atom is 0.408 e. The van der Waals surface area contributed by atoms with Crippen molar-refractivity contribution in [3.63, 3.8) is 0 Å². The minimum absolute atomic E-state index is 0.0383. The average Bonchev–Trinajstić information content (AvgIpc) is 3.55. The summed E-state index contributed by atoms with van der Waals surface area (Å²) in [5, 5.41) is 2.80. The highest BCUT2D eigenvalue weighted by molar-refractivity contribution is 5.92. The molecule has 2 aromatic rings. The quantitative estimate of drug-likeness (QED) is 0.503. The molecule has 8 atom stereocenters. The number of methoxy groups -OCH3 is 1. The van der Waals surface area contributed by atoms with E-state index in [1.165, 1.54) is 18.9 Å². The molecule has 1 saturated heterocycles. The number of hydrogen-bond donors (Lipinski definition) is 1. The lowest BCUT2D eigenvalue weighted by molar-refractivity contribution is -0.141. The number of ketones is 1. The zero-order valence-corrected chi connectivity index (χ0v) is 27.0. The number of ether oxygens (including phenoxy) is 4. The lowest BCUT2D eigenvalue weighted by Crippen LogP contribution is -2.57. The van der Waals surface area contributed by atoms with Gasteiger partial charge < -0.3 is 29.2 Å². The van der Waals surface area contributed by atoms with Gasteiger partial charge in [-0.3, -0.25) is 9.59 Å². The zero-order chi connectivity index (χ0) is 33.1. The average molecular weight is 645 g/mol. The molecular weight excluding hydrogens is 602 g/mol. The van der Waals surface area contributed by atoms with Crippen molar-refractivity contribution in [1.29, 1.82) is 0 Å². The van der Waals surface area contributed by atoms with E-state index in [-0.39, 0.29) is 35.9 Å². The van der Waals surface area contributed by atoms with Crippen LogP contribution in [0.1, 0.15) is 59.6 Å². The van der Waals surface area contributed by atoms with Crippen LogP contribution in [0.4, 0.5) is 13.6 Å². The minimum atomic E-state index is -3.58. The second-order valence-corrected chi connectivity index (χ2v) is 14.3. The van der Waals surface area contributed by atoms with Crippen molar-refractivity contribution < 1.29 is 42.1 Å². The van der Waals surface area contributed by atoms with Crippen LogP contribution in [0.5, 0.6) is 11.6 Å². The van der Waals surface area contributed by atoms with Gasteiger partial charge in [-0.15, -0.1) is 0 Å². The number of hydrogen-bond acceptors (Lipinski definition) is 9. The fourth-order valence-corrected chi connectivity index (χ4v) is 7.47. The summed E-state index contributed by atoms with van der Waals surface area (Å²) in [6.07, 6.45) is 0.115. The monoisotopic (exact) mass is 644 g/mol. The van der Waals surface area contributed by atoms with E-state index >= 15 is 8.78 Å². The standard InChI is InChI=1S/C33H42F2N4O7/c1-16-25-14-39(26(16)17(2)40)30(41)28(32(3,4)5)38-31(42)46-24-12-18-11-21(18)20(24)9-10-44-15-33(34,35)27-29(45-25)37-23-13-19(43-6)7-8-22(23)36-27/h7-8,13,16,18,20-21,24-26,28H,9-12,14-15H2,1-6H3,(H,38,42)/t16-,18?,20-,21?,24-,25+,26+,28-/m1/s1. The van der Waals surface area contributed by atoms with Crippen molar-refractivity contribution >= 4 is 28.8 Å². The minimum Gasteiger partial charge on any atom is -0.497 e. The Bertz CT molecular complexity index is 1530. The number of fused-ring (bicyclic) bond motifs is 7. The van der Waals surface area contributed by atoms with Crippen LogP contribution >= 0.6 is 0 Å². The molecule has 2 aliphatic carbocycles. The number of alkyl halides is 2. The predicted octanol–water partition coefficient (Wildman–Crippen LogP) is 4.50. The molecule has 0 radical (unpaired) electrons. The van der Waals surface area contributed by atoms with Gasteiger partial charge in [0, 0.05) is 24.5 Å². The molecule has 1 aromatic carbocycles. The van der Waals surface area contributed by atoms with E-state index in [0.29, 0.717) is 30.4 Å². The first-order valence-electron chi connectivity index (χ1n) is 15.9. The number of amides is 2. The first kappa shape index (κ1) is 32.3. The molecule has 1 N–H and O–H groups in total. The predicted molar refractivity (Wildman–Crippen MR) is 162 cm³/mol. The molecule has 250 valence electrons. The molecule has 3 fully saturated rings. The normalized spacial score (nSPS) is 33.0. The molecule has 6 rings (SSSR count). The largest absolute Gasteiger partial charge is 0.497 e. The van der Waals surface area contributed by atoms with Crippen molar-refractivity contribution in [1.82, 2.24) is 20.2 Å². The summed E-state index contributed by atoms with van der Waals surface area (Å²) in [4.78, 5) is 50.6. The van der Waals surface area contributed by atoms with Gasteiger partial charge in [-0.05, 0) is 55.6 Å². The van der Waals surface area contributed by atoms with Crippen LogP contribution in [0.15, 0.2) is 18.2 Å². The van der Waals surface area contributed by atoms with E-state index in [4.69, 9.17) is 18.9 Å². The van der Waals surface area contributed by atoms with E-state index < -0.39 is 71.7 Å². The number of nitrogens with one attached hydrogen (secondary N) is 1. The number of benzene rings is 1. The highest BCUT2D eigenvalue weighted by Gasteiger charge is 2.55. The number of aromatic nitrogens is 2. The Labute approximate surface area is 266 Å². The Morgan fingerprint density at radius 2 is 1.85 bits per heavy atom. The van der Waals surface area contributed by atoms with Crippen LogP contribution < -0.4 is 14.8 Å². The van der Waals surface area contributed by atoms with E-state index in [9.17, 15) is 14.4 Å². The fourth-order valence-electron chi connectivity index (χ4n) is 7.47. The first-order chi connectivity index (χ1) is 21.7. The van der Waals surface area contributed by atoms with Crippen LogP contribution in [0.3, 0.4) is 0 Å². The Morgan fingerprint density at radius 1 is 1.09 bits per heavy atom. The van der Waals surface area contributed by atoms with Gasteiger partial charge in [-0.25, -0.2) is 14.8 Å². The van der Waals surface area contributed by atoms with Gasteiger partial charge in [0.1, 0.15) is 30.6 Å². The molecular formula is C33H42F2N4O7. The van der Waals surface area contributed by atoms with Crippen molar-refractivity contribution in [2.24, 2.45) is 29.1 Å². The number of Topliss-reactive ketones (excluding diaryl/α,β-unsaturated/α-hetero) is 1. The van der Waals surface area contributed by atoms with Crippen LogP contribution in [0.25, 0.3) is 11.0 Å². The molecule has 13 heteroatoms. The molecule has 1 aromatic heterocycles. The molecule has 46 heavy (non-hydrogen) atoms. The van der Waals surface area contributed by atoms with Gasteiger partial charge in [0.15, 0.2) is 11.5 Å². The fraction of sp³-hybridized carbons (Fsp3) is 0.667. The maximum absolute atomic E-state index is 16.0. The summed E-state index contributed by atoms with van der Waals surface area (Å²) in [5.74, 6) is -4.18. The van der Waals surface area contributed by atoms with Crippen molar-refractivity contribution in [2.45, 2.75) is 84.1 Å². The Morgan fingerprint density at radius 3 is 2.54 bits per heavy atom.